The average Bonchev–Trinajstić information content (AvgIpc) is 2.95. The summed E-state index contributed by atoms with van der Waals surface area (Å²) in [6, 6.07) is 18.3. The zero-order valence-electron chi connectivity index (χ0n) is 12.2. The lowest BCUT2D eigenvalue weighted by Gasteiger charge is -2.14. The van der Waals surface area contributed by atoms with E-state index in [1.807, 2.05) is 42.5 Å². The van der Waals surface area contributed by atoms with E-state index < -0.39 is 0 Å². The molecule has 4 rings (SSSR count). The lowest BCUT2D eigenvalue weighted by atomic mass is 10.1. The van der Waals surface area contributed by atoms with Crippen LogP contribution in [0.15, 0.2) is 65.3 Å². The van der Waals surface area contributed by atoms with Crippen molar-refractivity contribution in [3.05, 3.63) is 66.5 Å². The SMILES string of the molecule is C[C@H](Nc1ncnc2c1oc1ccccc12)c1ccccc1. The van der Waals surface area contributed by atoms with Crippen molar-refractivity contribution in [2.45, 2.75) is 13.0 Å². The number of para-hydroxylation sites is 1. The Labute approximate surface area is 127 Å². The summed E-state index contributed by atoms with van der Waals surface area (Å²) >= 11 is 0. The summed E-state index contributed by atoms with van der Waals surface area (Å²) in [5.74, 6) is 0.720. The second kappa shape index (κ2) is 5.15. The van der Waals surface area contributed by atoms with Crippen molar-refractivity contribution >= 4 is 27.9 Å². The molecular formula is C18H15N3O. The Kier molecular flexibility index (Phi) is 3.00. The molecule has 0 aliphatic carbocycles. The molecule has 0 amide bonds. The minimum absolute atomic E-state index is 0.132. The Balaban J connectivity index is 1.79. The number of fused-ring (bicyclic) bond motifs is 3. The van der Waals surface area contributed by atoms with Crippen LogP contribution in [0.4, 0.5) is 5.82 Å². The van der Waals surface area contributed by atoms with Crippen LogP contribution in [-0.2, 0) is 0 Å². The summed E-state index contributed by atoms with van der Waals surface area (Å²) in [5, 5.41) is 4.43. The van der Waals surface area contributed by atoms with E-state index in [9.17, 15) is 0 Å². The molecule has 108 valence electrons. The standard InChI is InChI=1S/C18H15N3O/c1-12(13-7-3-2-4-8-13)21-18-17-16(19-11-20-18)14-9-5-6-10-15(14)22-17/h2-12H,1H3,(H,19,20,21)/t12-/m0/s1. The van der Waals surface area contributed by atoms with Gasteiger partial charge in [-0.3, -0.25) is 0 Å². The van der Waals surface area contributed by atoms with E-state index in [-0.39, 0.29) is 6.04 Å². The number of hydrogen-bond acceptors (Lipinski definition) is 4. The Morgan fingerprint density at radius 2 is 1.73 bits per heavy atom. The predicted octanol–water partition coefficient (Wildman–Crippen LogP) is 4.55. The van der Waals surface area contributed by atoms with Gasteiger partial charge >= 0.3 is 0 Å². The molecule has 0 unspecified atom stereocenters. The molecule has 1 N–H and O–H groups in total. The van der Waals surface area contributed by atoms with Gasteiger partial charge in [-0.1, -0.05) is 42.5 Å². The molecule has 0 aliphatic rings. The minimum Gasteiger partial charge on any atom is -0.450 e. The number of aromatic nitrogens is 2. The molecule has 0 saturated carbocycles. The van der Waals surface area contributed by atoms with E-state index >= 15 is 0 Å². The second-order valence-electron chi connectivity index (χ2n) is 5.27. The summed E-state index contributed by atoms with van der Waals surface area (Å²) in [6.07, 6.45) is 1.57. The maximum Gasteiger partial charge on any atom is 0.196 e. The topological polar surface area (TPSA) is 51.0 Å². The van der Waals surface area contributed by atoms with E-state index in [0.717, 1.165) is 22.3 Å². The van der Waals surface area contributed by atoms with Gasteiger partial charge in [0.05, 0.1) is 6.04 Å². The summed E-state index contributed by atoms with van der Waals surface area (Å²) in [6.45, 7) is 2.10. The molecule has 0 spiro atoms. The third-order valence-electron chi connectivity index (χ3n) is 3.81. The van der Waals surface area contributed by atoms with Crippen LogP contribution in [0.1, 0.15) is 18.5 Å². The van der Waals surface area contributed by atoms with Gasteiger partial charge in [-0.05, 0) is 24.6 Å². The van der Waals surface area contributed by atoms with Crippen molar-refractivity contribution in [2.75, 3.05) is 5.32 Å². The Bertz CT molecular complexity index is 931. The van der Waals surface area contributed by atoms with Gasteiger partial charge in [-0.25, -0.2) is 9.97 Å². The molecule has 0 fully saturated rings. The van der Waals surface area contributed by atoms with Gasteiger partial charge < -0.3 is 9.73 Å². The molecule has 0 aliphatic heterocycles. The predicted molar refractivity (Wildman–Crippen MR) is 87.8 cm³/mol. The van der Waals surface area contributed by atoms with Crippen LogP contribution in [0.25, 0.3) is 22.1 Å². The van der Waals surface area contributed by atoms with Gasteiger partial charge in [-0.15, -0.1) is 0 Å². The zero-order valence-corrected chi connectivity index (χ0v) is 12.2. The van der Waals surface area contributed by atoms with E-state index in [4.69, 9.17) is 4.42 Å². The van der Waals surface area contributed by atoms with Gasteiger partial charge in [0, 0.05) is 5.39 Å². The van der Waals surface area contributed by atoms with Crippen LogP contribution in [0.3, 0.4) is 0 Å². The monoisotopic (exact) mass is 289 g/mol. The molecule has 2 aromatic carbocycles. The van der Waals surface area contributed by atoms with E-state index in [0.29, 0.717) is 5.58 Å². The number of hydrogen-bond donors (Lipinski definition) is 1. The van der Waals surface area contributed by atoms with Gasteiger partial charge in [-0.2, -0.15) is 0 Å². The molecule has 4 aromatic rings. The van der Waals surface area contributed by atoms with Crippen molar-refractivity contribution in [1.82, 2.24) is 9.97 Å². The molecule has 1 atom stereocenters. The fraction of sp³-hybridized carbons (Fsp3) is 0.111. The molecule has 2 aromatic heterocycles. The lowest BCUT2D eigenvalue weighted by Crippen LogP contribution is -2.08. The highest BCUT2D eigenvalue weighted by atomic mass is 16.3. The third-order valence-corrected chi connectivity index (χ3v) is 3.81. The number of benzene rings is 2. The maximum atomic E-state index is 5.93. The molecular weight excluding hydrogens is 274 g/mol. The number of nitrogens with one attached hydrogen (secondary N) is 1. The van der Waals surface area contributed by atoms with Crippen molar-refractivity contribution in [1.29, 1.82) is 0 Å². The van der Waals surface area contributed by atoms with Crippen LogP contribution in [0, 0.1) is 0 Å². The van der Waals surface area contributed by atoms with Crippen LogP contribution >= 0.6 is 0 Å². The maximum absolute atomic E-state index is 5.93. The summed E-state index contributed by atoms with van der Waals surface area (Å²) in [5.41, 5.74) is 3.57. The van der Waals surface area contributed by atoms with Crippen molar-refractivity contribution in [2.24, 2.45) is 0 Å². The Morgan fingerprint density at radius 3 is 2.59 bits per heavy atom. The van der Waals surface area contributed by atoms with Crippen LogP contribution < -0.4 is 5.32 Å². The van der Waals surface area contributed by atoms with E-state index in [1.54, 1.807) is 6.33 Å². The van der Waals surface area contributed by atoms with Crippen LogP contribution in [0.5, 0.6) is 0 Å². The van der Waals surface area contributed by atoms with Gasteiger partial charge in [0.25, 0.3) is 0 Å². The first-order valence-corrected chi connectivity index (χ1v) is 7.26. The molecule has 22 heavy (non-hydrogen) atoms. The molecule has 4 heteroatoms. The van der Waals surface area contributed by atoms with Crippen molar-refractivity contribution in [3.8, 4) is 0 Å². The quantitative estimate of drug-likeness (QED) is 0.601. The average molecular weight is 289 g/mol. The summed E-state index contributed by atoms with van der Waals surface area (Å²) in [7, 11) is 0. The lowest BCUT2D eigenvalue weighted by molar-refractivity contribution is 0.665. The first-order chi connectivity index (χ1) is 10.8. The first-order valence-electron chi connectivity index (χ1n) is 7.26. The first kappa shape index (κ1) is 12.8. The third kappa shape index (κ3) is 2.09. The fourth-order valence-corrected chi connectivity index (χ4v) is 2.66. The number of rotatable bonds is 3. The van der Waals surface area contributed by atoms with E-state index in [2.05, 4.69) is 34.3 Å². The molecule has 0 saturated heterocycles. The number of nitrogens with zero attached hydrogens (tertiary/aromatic N) is 2. The van der Waals surface area contributed by atoms with E-state index in [1.165, 1.54) is 5.56 Å². The highest BCUT2D eigenvalue weighted by Gasteiger charge is 2.14. The highest BCUT2D eigenvalue weighted by molar-refractivity contribution is 6.05. The van der Waals surface area contributed by atoms with Crippen LogP contribution in [0.2, 0.25) is 0 Å². The molecule has 0 bridgehead atoms. The Morgan fingerprint density at radius 1 is 0.955 bits per heavy atom. The fourth-order valence-electron chi connectivity index (χ4n) is 2.66. The molecule has 4 nitrogen and oxygen atoms in total. The van der Waals surface area contributed by atoms with Gasteiger partial charge in [0.15, 0.2) is 11.4 Å². The zero-order chi connectivity index (χ0) is 14.9. The highest BCUT2D eigenvalue weighted by Crippen LogP contribution is 2.31. The molecule has 2 heterocycles. The minimum atomic E-state index is 0.132. The van der Waals surface area contributed by atoms with Crippen molar-refractivity contribution < 1.29 is 4.42 Å². The smallest absolute Gasteiger partial charge is 0.196 e. The summed E-state index contributed by atoms with van der Waals surface area (Å²) in [4.78, 5) is 8.72. The van der Waals surface area contributed by atoms with Gasteiger partial charge in [0.1, 0.15) is 17.4 Å². The van der Waals surface area contributed by atoms with Crippen molar-refractivity contribution in [3.63, 3.8) is 0 Å². The normalized spacial score (nSPS) is 12.6. The summed E-state index contributed by atoms with van der Waals surface area (Å²) < 4.78 is 5.93. The largest absolute Gasteiger partial charge is 0.450 e. The molecule has 0 radical (unpaired) electrons. The second-order valence-corrected chi connectivity index (χ2v) is 5.27. The number of anilines is 1. The van der Waals surface area contributed by atoms with Gasteiger partial charge in [0.2, 0.25) is 0 Å². The number of furan rings is 1. The van der Waals surface area contributed by atoms with Crippen LogP contribution in [-0.4, -0.2) is 9.97 Å². The Hall–Kier alpha value is -2.88.